The van der Waals surface area contributed by atoms with Crippen LogP contribution in [0.5, 0.6) is 0 Å². The average Bonchev–Trinajstić information content (AvgIpc) is 2.52. The molecule has 0 radical (unpaired) electrons. The summed E-state index contributed by atoms with van der Waals surface area (Å²) >= 11 is 0. The van der Waals surface area contributed by atoms with E-state index in [0.717, 1.165) is 11.1 Å². The van der Waals surface area contributed by atoms with E-state index in [-0.39, 0.29) is 17.1 Å². The van der Waals surface area contributed by atoms with Crippen LogP contribution in [-0.4, -0.2) is 5.91 Å². The molecule has 0 heterocycles. The first-order valence-corrected chi connectivity index (χ1v) is 7.95. The van der Waals surface area contributed by atoms with Crippen molar-refractivity contribution in [2.24, 2.45) is 0 Å². The summed E-state index contributed by atoms with van der Waals surface area (Å²) in [7, 11) is 0. The van der Waals surface area contributed by atoms with Gasteiger partial charge in [0, 0.05) is 13.0 Å². The normalized spacial score (nSPS) is 11.3. The summed E-state index contributed by atoms with van der Waals surface area (Å²) in [6.07, 6.45) is 1.03. The van der Waals surface area contributed by atoms with Crippen molar-refractivity contribution >= 4 is 5.91 Å². The summed E-state index contributed by atoms with van der Waals surface area (Å²) in [5, 5.41) is 2.93. The zero-order chi connectivity index (χ0) is 16.9. The lowest BCUT2D eigenvalue weighted by molar-refractivity contribution is -0.121. The Morgan fingerprint density at radius 3 is 2.09 bits per heavy atom. The largest absolute Gasteiger partial charge is 0.352 e. The second kappa shape index (κ2) is 7.40. The van der Waals surface area contributed by atoms with Gasteiger partial charge in [-0.15, -0.1) is 0 Å². The molecule has 2 aromatic rings. The molecule has 0 bridgehead atoms. The molecule has 0 saturated carbocycles. The number of amides is 1. The smallest absolute Gasteiger partial charge is 0.220 e. The molecule has 0 fully saturated rings. The molecule has 0 unspecified atom stereocenters. The molecule has 23 heavy (non-hydrogen) atoms. The van der Waals surface area contributed by atoms with Gasteiger partial charge in [-0.05, 0) is 40.7 Å². The van der Waals surface area contributed by atoms with Crippen LogP contribution in [0.2, 0.25) is 0 Å². The number of aryl methyl sites for hydroxylation is 1. The molecule has 2 aromatic carbocycles. The Balaban J connectivity index is 1.79. The molecule has 0 aliphatic heterocycles. The highest BCUT2D eigenvalue weighted by molar-refractivity contribution is 5.76. The zero-order valence-electron chi connectivity index (χ0n) is 14.0. The summed E-state index contributed by atoms with van der Waals surface area (Å²) in [6.45, 7) is 7.07. The number of carbonyl (C=O) groups is 1. The molecule has 122 valence electrons. The van der Waals surface area contributed by atoms with E-state index >= 15 is 0 Å². The predicted octanol–water partition coefficient (Wildman–Crippen LogP) is 4.37. The van der Waals surface area contributed by atoms with E-state index in [1.165, 1.54) is 17.7 Å². The van der Waals surface area contributed by atoms with Crippen molar-refractivity contribution in [1.82, 2.24) is 5.32 Å². The second-order valence-electron chi connectivity index (χ2n) is 6.85. The van der Waals surface area contributed by atoms with Crippen LogP contribution >= 0.6 is 0 Å². The third-order valence-electron chi connectivity index (χ3n) is 3.86. The van der Waals surface area contributed by atoms with Crippen LogP contribution in [0.4, 0.5) is 4.39 Å². The standard InChI is InChI=1S/C20H24FNO/c1-20(2,3)17-9-4-16(5-10-17)14-22-19(23)13-8-15-6-11-18(21)12-7-15/h4-7,9-12H,8,13-14H2,1-3H3,(H,22,23). The van der Waals surface area contributed by atoms with Gasteiger partial charge in [-0.25, -0.2) is 4.39 Å². The molecule has 0 spiro atoms. The van der Waals surface area contributed by atoms with Gasteiger partial charge >= 0.3 is 0 Å². The van der Waals surface area contributed by atoms with Gasteiger partial charge in [0.1, 0.15) is 5.82 Å². The molecule has 0 aromatic heterocycles. The van der Waals surface area contributed by atoms with E-state index in [4.69, 9.17) is 0 Å². The lowest BCUT2D eigenvalue weighted by atomic mass is 9.87. The van der Waals surface area contributed by atoms with Crippen LogP contribution in [-0.2, 0) is 23.2 Å². The zero-order valence-corrected chi connectivity index (χ0v) is 14.0. The van der Waals surface area contributed by atoms with Crippen LogP contribution in [0, 0.1) is 5.82 Å². The van der Waals surface area contributed by atoms with Crippen LogP contribution in [0.3, 0.4) is 0 Å². The fourth-order valence-corrected chi connectivity index (χ4v) is 2.32. The quantitative estimate of drug-likeness (QED) is 0.872. The van der Waals surface area contributed by atoms with Crippen molar-refractivity contribution in [2.75, 3.05) is 0 Å². The van der Waals surface area contributed by atoms with Crippen LogP contribution in [0.1, 0.15) is 43.9 Å². The van der Waals surface area contributed by atoms with Crippen LogP contribution < -0.4 is 5.32 Å². The minimum atomic E-state index is -0.253. The Kier molecular flexibility index (Phi) is 5.54. The fourth-order valence-electron chi connectivity index (χ4n) is 2.32. The lowest BCUT2D eigenvalue weighted by Crippen LogP contribution is -2.23. The average molecular weight is 313 g/mol. The van der Waals surface area contributed by atoms with Crippen LogP contribution in [0.25, 0.3) is 0 Å². The molecule has 0 aliphatic rings. The van der Waals surface area contributed by atoms with E-state index in [9.17, 15) is 9.18 Å². The molecule has 1 amide bonds. The number of halogens is 1. The Labute approximate surface area is 137 Å². The molecular formula is C20H24FNO. The van der Waals surface area contributed by atoms with E-state index < -0.39 is 0 Å². The SMILES string of the molecule is CC(C)(C)c1ccc(CNC(=O)CCc2ccc(F)cc2)cc1. The van der Waals surface area contributed by atoms with Crippen molar-refractivity contribution in [3.63, 3.8) is 0 Å². The first-order valence-electron chi connectivity index (χ1n) is 7.95. The van der Waals surface area contributed by atoms with Gasteiger partial charge in [0.2, 0.25) is 5.91 Å². The number of rotatable bonds is 5. The first kappa shape index (κ1) is 17.2. The topological polar surface area (TPSA) is 29.1 Å². The Morgan fingerprint density at radius 1 is 0.957 bits per heavy atom. The predicted molar refractivity (Wildman–Crippen MR) is 91.7 cm³/mol. The Morgan fingerprint density at radius 2 is 1.52 bits per heavy atom. The van der Waals surface area contributed by atoms with Gasteiger partial charge in [0.15, 0.2) is 0 Å². The highest BCUT2D eigenvalue weighted by atomic mass is 19.1. The molecule has 3 heteroatoms. The van der Waals surface area contributed by atoms with Crippen LogP contribution in [0.15, 0.2) is 48.5 Å². The van der Waals surface area contributed by atoms with E-state index in [1.54, 1.807) is 12.1 Å². The van der Waals surface area contributed by atoms with E-state index in [0.29, 0.717) is 19.4 Å². The van der Waals surface area contributed by atoms with Gasteiger partial charge in [-0.2, -0.15) is 0 Å². The maximum absolute atomic E-state index is 12.8. The summed E-state index contributed by atoms with van der Waals surface area (Å²) in [5.74, 6) is -0.244. The van der Waals surface area contributed by atoms with Gasteiger partial charge < -0.3 is 5.32 Å². The molecule has 0 aliphatic carbocycles. The molecule has 1 N–H and O–H groups in total. The van der Waals surface area contributed by atoms with Crippen molar-refractivity contribution in [3.8, 4) is 0 Å². The number of hydrogen-bond acceptors (Lipinski definition) is 1. The number of benzene rings is 2. The van der Waals surface area contributed by atoms with Gasteiger partial charge in [-0.1, -0.05) is 57.2 Å². The Hall–Kier alpha value is -2.16. The van der Waals surface area contributed by atoms with Gasteiger partial charge in [0.25, 0.3) is 0 Å². The molecule has 0 saturated heterocycles. The molecule has 2 nitrogen and oxygen atoms in total. The second-order valence-corrected chi connectivity index (χ2v) is 6.85. The summed E-state index contributed by atoms with van der Waals surface area (Å²) in [6, 6.07) is 14.6. The maximum atomic E-state index is 12.8. The number of carbonyl (C=O) groups excluding carboxylic acids is 1. The van der Waals surface area contributed by atoms with Crippen molar-refractivity contribution < 1.29 is 9.18 Å². The minimum absolute atomic E-state index is 0.00854. The number of hydrogen-bond donors (Lipinski definition) is 1. The van der Waals surface area contributed by atoms with Gasteiger partial charge in [0.05, 0.1) is 0 Å². The highest BCUT2D eigenvalue weighted by Crippen LogP contribution is 2.22. The minimum Gasteiger partial charge on any atom is -0.352 e. The molecular weight excluding hydrogens is 289 g/mol. The highest BCUT2D eigenvalue weighted by Gasteiger charge is 2.12. The first-order chi connectivity index (χ1) is 10.8. The van der Waals surface area contributed by atoms with Crippen molar-refractivity contribution in [1.29, 1.82) is 0 Å². The summed E-state index contributed by atoms with van der Waals surface area (Å²) < 4.78 is 12.8. The van der Waals surface area contributed by atoms with Gasteiger partial charge in [-0.3, -0.25) is 4.79 Å². The monoisotopic (exact) mass is 313 g/mol. The fraction of sp³-hybridized carbons (Fsp3) is 0.350. The molecule has 2 rings (SSSR count). The Bertz CT molecular complexity index is 639. The summed E-state index contributed by atoms with van der Waals surface area (Å²) in [5.41, 5.74) is 3.48. The number of nitrogens with one attached hydrogen (secondary N) is 1. The maximum Gasteiger partial charge on any atom is 0.220 e. The van der Waals surface area contributed by atoms with E-state index in [2.05, 4.69) is 50.4 Å². The lowest BCUT2D eigenvalue weighted by Gasteiger charge is -2.19. The third kappa shape index (κ3) is 5.51. The summed E-state index contributed by atoms with van der Waals surface area (Å²) in [4.78, 5) is 11.9. The van der Waals surface area contributed by atoms with Crippen molar-refractivity contribution in [2.45, 2.75) is 45.6 Å². The third-order valence-corrected chi connectivity index (χ3v) is 3.86. The molecule has 0 atom stereocenters. The van der Waals surface area contributed by atoms with Crippen molar-refractivity contribution in [3.05, 3.63) is 71.0 Å². The van der Waals surface area contributed by atoms with E-state index in [1.807, 2.05) is 0 Å².